The van der Waals surface area contributed by atoms with Gasteiger partial charge in [-0.3, -0.25) is 0 Å². The van der Waals surface area contributed by atoms with E-state index in [1.807, 2.05) is 0 Å². The van der Waals surface area contributed by atoms with Crippen molar-refractivity contribution in [2.24, 2.45) is 5.92 Å². The van der Waals surface area contributed by atoms with Crippen LogP contribution < -0.4 is 5.32 Å². The zero-order valence-corrected chi connectivity index (χ0v) is 7.24. The summed E-state index contributed by atoms with van der Waals surface area (Å²) < 4.78 is 0. The highest BCUT2D eigenvalue weighted by atomic mass is 16.3. The van der Waals surface area contributed by atoms with E-state index in [9.17, 15) is 10.2 Å². The Morgan fingerprint density at radius 3 is 2.92 bits per heavy atom. The lowest BCUT2D eigenvalue weighted by molar-refractivity contribution is -0.00999. The second-order valence-corrected chi connectivity index (χ2v) is 3.34. The number of hydrogen-bond acceptors (Lipinski definition) is 3. The Hall–Kier alpha value is -0.380. The molecule has 2 unspecified atom stereocenters. The molecular formula is C9H17NO2. The molecule has 0 aromatic carbocycles. The van der Waals surface area contributed by atoms with E-state index in [-0.39, 0.29) is 5.92 Å². The first-order valence-electron chi connectivity index (χ1n) is 4.43. The molecule has 0 amide bonds. The van der Waals surface area contributed by atoms with Crippen molar-refractivity contribution in [3.63, 3.8) is 0 Å². The fourth-order valence-corrected chi connectivity index (χ4v) is 1.58. The van der Waals surface area contributed by atoms with Gasteiger partial charge < -0.3 is 15.5 Å². The number of rotatable bonds is 2. The average Bonchev–Trinajstić information content (AvgIpc) is 2.20. The fourth-order valence-electron chi connectivity index (χ4n) is 1.58. The zero-order chi connectivity index (χ0) is 8.97. The number of aliphatic hydroxyl groups excluding tert-OH is 2. The summed E-state index contributed by atoms with van der Waals surface area (Å²) in [7, 11) is 0. The third-order valence-electron chi connectivity index (χ3n) is 2.37. The summed E-state index contributed by atoms with van der Waals surface area (Å²) in [6.07, 6.45) is 2.00. The van der Waals surface area contributed by atoms with Crippen molar-refractivity contribution < 1.29 is 10.2 Å². The van der Waals surface area contributed by atoms with Crippen molar-refractivity contribution in [1.82, 2.24) is 5.32 Å². The first-order chi connectivity index (χ1) is 5.75. The molecule has 3 nitrogen and oxygen atoms in total. The van der Waals surface area contributed by atoms with Crippen molar-refractivity contribution in [2.75, 3.05) is 13.1 Å². The summed E-state index contributed by atoms with van der Waals surface area (Å²) in [6.45, 7) is 5.18. The second-order valence-electron chi connectivity index (χ2n) is 3.34. The smallest absolute Gasteiger partial charge is 0.0842 e. The minimum atomic E-state index is -0.599. The minimum Gasteiger partial charge on any atom is -0.390 e. The van der Waals surface area contributed by atoms with Gasteiger partial charge in [-0.1, -0.05) is 6.08 Å². The Kier molecular flexibility index (Phi) is 3.72. The highest BCUT2D eigenvalue weighted by molar-refractivity contribution is 4.86. The van der Waals surface area contributed by atoms with Crippen LogP contribution in [-0.4, -0.2) is 35.5 Å². The molecule has 1 saturated heterocycles. The molecule has 12 heavy (non-hydrogen) atoms. The normalized spacial score (nSPS) is 37.3. The fraction of sp³-hybridized carbons (Fsp3) is 0.778. The van der Waals surface area contributed by atoms with Crippen LogP contribution in [0.25, 0.3) is 0 Å². The molecule has 3 atom stereocenters. The van der Waals surface area contributed by atoms with Gasteiger partial charge in [-0.05, 0) is 19.4 Å². The highest BCUT2D eigenvalue weighted by Crippen LogP contribution is 2.16. The lowest BCUT2D eigenvalue weighted by Gasteiger charge is -2.21. The predicted molar refractivity (Wildman–Crippen MR) is 47.8 cm³/mol. The summed E-state index contributed by atoms with van der Waals surface area (Å²) in [5.74, 6) is 0.111. The van der Waals surface area contributed by atoms with Crippen LogP contribution in [0.2, 0.25) is 0 Å². The summed E-state index contributed by atoms with van der Waals surface area (Å²) in [5.41, 5.74) is 0. The van der Waals surface area contributed by atoms with Crippen LogP contribution in [0.1, 0.15) is 12.8 Å². The van der Waals surface area contributed by atoms with Gasteiger partial charge in [-0.2, -0.15) is 0 Å². The molecule has 0 saturated carbocycles. The molecule has 1 rings (SSSR count). The van der Waals surface area contributed by atoms with Crippen molar-refractivity contribution in [3.05, 3.63) is 12.7 Å². The van der Waals surface area contributed by atoms with Crippen molar-refractivity contribution >= 4 is 0 Å². The van der Waals surface area contributed by atoms with Crippen LogP contribution in [0, 0.1) is 5.92 Å². The second kappa shape index (κ2) is 4.60. The van der Waals surface area contributed by atoms with E-state index in [2.05, 4.69) is 11.9 Å². The third kappa shape index (κ3) is 2.30. The van der Waals surface area contributed by atoms with Crippen LogP contribution in [0.3, 0.4) is 0 Å². The SMILES string of the molecule is C=CCC1CNCCC(O)[C@@H]1O. The molecule has 0 aromatic heterocycles. The molecule has 3 heteroatoms. The van der Waals surface area contributed by atoms with Gasteiger partial charge in [-0.15, -0.1) is 6.58 Å². The van der Waals surface area contributed by atoms with E-state index in [1.54, 1.807) is 6.08 Å². The molecule has 1 fully saturated rings. The number of aliphatic hydroxyl groups is 2. The number of nitrogens with one attached hydrogen (secondary N) is 1. The molecule has 70 valence electrons. The van der Waals surface area contributed by atoms with E-state index in [1.165, 1.54) is 0 Å². The van der Waals surface area contributed by atoms with Gasteiger partial charge in [0.05, 0.1) is 12.2 Å². The lowest BCUT2D eigenvalue weighted by Crippen LogP contribution is -2.34. The molecule has 1 aliphatic heterocycles. The van der Waals surface area contributed by atoms with Crippen LogP contribution in [0.5, 0.6) is 0 Å². The van der Waals surface area contributed by atoms with Gasteiger partial charge in [0, 0.05) is 12.5 Å². The Morgan fingerprint density at radius 1 is 1.50 bits per heavy atom. The lowest BCUT2D eigenvalue weighted by atomic mass is 9.95. The Balaban J connectivity index is 2.51. The molecule has 0 radical (unpaired) electrons. The van der Waals surface area contributed by atoms with Gasteiger partial charge in [0.2, 0.25) is 0 Å². The molecule has 3 N–H and O–H groups in total. The number of hydrogen-bond donors (Lipinski definition) is 3. The van der Waals surface area contributed by atoms with Crippen LogP contribution in [0.4, 0.5) is 0 Å². The van der Waals surface area contributed by atoms with E-state index in [4.69, 9.17) is 0 Å². The van der Waals surface area contributed by atoms with E-state index in [0.29, 0.717) is 6.42 Å². The summed E-state index contributed by atoms with van der Waals surface area (Å²) in [4.78, 5) is 0. The predicted octanol–water partition coefficient (Wildman–Crippen LogP) is -0.106. The van der Waals surface area contributed by atoms with Crippen LogP contribution in [0.15, 0.2) is 12.7 Å². The van der Waals surface area contributed by atoms with Crippen LogP contribution >= 0.6 is 0 Å². The molecule has 0 spiro atoms. The van der Waals surface area contributed by atoms with Gasteiger partial charge >= 0.3 is 0 Å². The van der Waals surface area contributed by atoms with Gasteiger partial charge in [0.1, 0.15) is 0 Å². The first kappa shape index (κ1) is 9.71. The van der Waals surface area contributed by atoms with Crippen molar-refractivity contribution in [2.45, 2.75) is 25.0 Å². The Bertz CT molecular complexity index is 149. The molecule has 0 aliphatic carbocycles. The zero-order valence-electron chi connectivity index (χ0n) is 7.24. The topological polar surface area (TPSA) is 52.5 Å². The van der Waals surface area contributed by atoms with Gasteiger partial charge in [0.25, 0.3) is 0 Å². The maximum absolute atomic E-state index is 9.61. The highest BCUT2D eigenvalue weighted by Gasteiger charge is 2.27. The molecule has 0 aromatic rings. The molecule has 0 bridgehead atoms. The van der Waals surface area contributed by atoms with E-state index >= 15 is 0 Å². The monoisotopic (exact) mass is 171 g/mol. The first-order valence-corrected chi connectivity index (χ1v) is 4.43. The number of allylic oxidation sites excluding steroid dienone is 1. The van der Waals surface area contributed by atoms with E-state index in [0.717, 1.165) is 19.5 Å². The maximum atomic E-state index is 9.61. The Morgan fingerprint density at radius 2 is 2.25 bits per heavy atom. The van der Waals surface area contributed by atoms with Crippen LogP contribution in [-0.2, 0) is 0 Å². The Labute approximate surface area is 73.1 Å². The quantitative estimate of drug-likeness (QED) is 0.508. The summed E-state index contributed by atoms with van der Waals surface area (Å²) >= 11 is 0. The third-order valence-corrected chi connectivity index (χ3v) is 2.37. The minimum absolute atomic E-state index is 0.111. The molecular weight excluding hydrogens is 154 g/mol. The van der Waals surface area contributed by atoms with Crippen molar-refractivity contribution in [1.29, 1.82) is 0 Å². The van der Waals surface area contributed by atoms with E-state index < -0.39 is 12.2 Å². The largest absolute Gasteiger partial charge is 0.390 e. The standard InChI is InChI=1S/C9H17NO2/c1-2-3-7-6-10-5-4-8(11)9(7)12/h2,7-12H,1,3-6H2/t7?,8?,9-/m1/s1. The molecule has 1 aliphatic rings. The summed E-state index contributed by atoms with van der Waals surface area (Å²) in [5, 5.41) is 22.2. The average molecular weight is 171 g/mol. The van der Waals surface area contributed by atoms with Gasteiger partial charge in [0.15, 0.2) is 0 Å². The molecule has 1 heterocycles. The maximum Gasteiger partial charge on any atom is 0.0842 e. The van der Waals surface area contributed by atoms with Gasteiger partial charge in [-0.25, -0.2) is 0 Å². The van der Waals surface area contributed by atoms with Crippen molar-refractivity contribution in [3.8, 4) is 0 Å². The summed E-state index contributed by atoms with van der Waals surface area (Å²) in [6, 6.07) is 0.